The van der Waals surface area contributed by atoms with E-state index in [1.807, 2.05) is 30.3 Å². The molecule has 126 valence electrons. The Hall–Kier alpha value is -2.59. The monoisotopic (exact) mass is 353 g/mol. The summed E-state index contributed by atoms with van der Waals surface area (Å²) in [6.45, 7) is 0. The predicted molar refractivity (Wildman–Crippen MR) is 96.3 cm³/mol. The van der Waals surface area contributed by atoms with E-state index in [0.29, 0.717) is 16.5 Å². The van der Waals surface area contributed by atoms with Gasteiger partial charge in [-0.05, 0) is 41.5 Å². The van der Waals surface area contributed by atoms with Gasteiger partial charge >= 0.3 is 0 Å². The van der Waals surface area contributed by atoms with E-state index in [9.17, 15) is 9.59 Å². The largest absolute Gasteiger partial charge is 0.497 e. The molecule has 0 bridgehead atoms. The van der Waals surface area contributed by atoms with Crippen LogP contribution in [0, 0.1) is 0 Å². The molecule has 1 amide bonds. The fourth-order valence-corrected chi connectivity index (χ4v) is 4.02. The van der Waals surface area contributed by atoms with Gasteiger partial charge in [-0.2, -0.15) is 0 Å². The molecule has 2 aromatic carbocycles. The summed E-state index contributed by atoms with van der Waals surface area (Å²) in [5, 5.41) is 3.48. The molecule has 1 N–H and O–H groups in total. The molecule has 4 rings (SSSR count). The van der Waals surface area contributed by atoms with E-state index in [4.69, 9.17) is 16.3 Å². The van der Waals surface area contributed by atoms with Crippen LogP contribution in [0.2, 0.25) is 5.02 Å². The Labute approximate surface area is 150 Å². The maximum Gasteiger partial charge on any atom is 0.239 e. The first-order valence-corrected chi connectivity index (χ1v) is 8.40. The molecule has 1 heterocycles. The first-order chi connectivity index (χ1) is 12.0. The minimum Gasteiger partial charge on any atom is -0.497 e. The van der Waals surface area contributed by atoms with Crippen molar-refractivity contribution in [1.82, 2.24) is 0 Å². The third kappa shape index (κ3) is 2.36. The quantitative estimate of drug-likeness (QED) is 0.892. The fourth-order valence-electron chi connectivity index (χ4n) is 3.85. The summed E-state index contributed by atoms with van der Waals surface area (Å²) in [6.07, 6.45) is 3.51. The van der Waals surface area contributed by atoms with Crippen LogP contribution in [0.25, 0.3) is 0 Å². The molecule has 2 atom stereocenters. The van der Waals surface area contributed by atoms with Crippen molar-refractivity contribution in [2.75, 3.05) is 12.4 Å². The van der Waals surface area contributed by atoms with E-state index in [0.717, 1.165) is 11.1 Å². The zero-order chi connectivity index (χ0) is 17.6. The van der Waals surface area contributed by atoms with Gasteiger partial charge in [-0.25, -0.2) is 0 Å². The Kier molecular flexibility index (Phi) is 3.65. The highest BCUT2D eigenvalue weighted by molar-refractivity contribution is 6.31. The van der Waals surface area contributed by atoms with Gasteiger partial charge in [-0.1, -0.05) is 35.9 Å². The van der Waals surface area contributed by atoms with Gasteiger partial charge in [0.15, 0.2) is 5.78 Å². The van der Waals surface area contributed by atoms with Crippen molar-refractivity contribution in [3.05, 3.63) is 70.8 Å². The number of hydrogen-bond acceptors (Lipinski definition) is 3. The number of fused-ring (bicyclic) bond motifs is 2. The first-order valence-electron chi connectivity index (χ1n) is 8.02. The lowest BCUT2D eigenvalue weighted by molar-refractivity contribution is -0.121. The highest BCUT2D eigenvalue weighted by Crippen LogP contribution is 2.52. The number of benzene rings is 2. The normalized spacial score (nSPS) is 24.3. The summed E-state index contributed by atoms with van der Waals surface area (Å²) in [7, 11) is 1.60. The van der Waals surface area contributed by atoms with E-state index in [-0.39, 0.29) is 24.0 Å². The molecule has 0 aromatic heterocycles. The van der Waals surface area contributed by atoms with Crippen LogP contribution < -0.4 is 10.1 Å². The minimum absolute atomic E-state index is 0.00802. The fraction of sp³-hybridized carbons (Fsp3) is 0.200. The number of nitrogens with one attached hydrogen (secondary N) is 1. The summed E-state index contributed by atoms with van der Waals surface area (Å²) in [5.74, 6) is 0.266. The average molecular weight is 354 g/mol. The molecule has 2 aromatic rings. The summed E-state index contributed by atoms with van der Waals surface area (Å²) in [6, 6.07) is 12.9. The number of amides is 1. The molecule has 0 unspecified atom stereocenters. The number of anilines is 1. The van der Waals surface area contributed by atoms with Crippen molar-refractivity contribution < 1.29 is 14.3 Å². The topological polar surface area (TPSA) is 55.4 Å². The SMILES string of the molecule is COc1cccc([C@H]2CC(=O)C=C[C@@]23C(=O)Nc2cc(Cl)ccc23)c1. The third-order valence-electron chi connectivity index (χ3n) is 5.03. The molecule has 25 heavy (non-hydrogen) atoms. The number of ether oxygens (including phenoxy) is 1. The molecular formula is C20H16ClNO3. The molecule has 5 heteroatoms. The molecule has 0 saturated carbocycles. The maximum atomic E-state index is 13.0. The van der Waals surface area contributed by atoms with Crippen LogP contribution in [-0.4, -0.2) is 18.8 Å². The van der Waals surface area contributed by atoms with Crippen LogP contribution in [0.5, 0.6) is 5.75 Å². The van der Waals surface area contributed by atoms with E-state index in [2.05, 4.69) is 5.32 Å². The molecule has 4 nitrogen and oxygen atoms in total. The van der Waals surface area contributed by atoms with E-state index in [1.54, 1.807) is 25.3 Å². The number of hydrogen-bond donors (Lipinski definition) is 1. The van der Waals surface area contributed by atoms with Gasteiger partial charge in [0.2, 0.25) is 5.91 Å². The molecular weight excluding hydrogens is 338 g/mol. The third-order valence-corrected chi connectivity index (χ3v) is 5.27. The number of allylic oxidation sites excluding steroid dienone is 1. The van der Waals surface area contributed by atoms with Gasteiger partial charge in [-0.3, -0.25) is 9.59 Å². The number of ketones is 1. The molecule has 0 fully saturated rings. The summed E-state index contributed by atoms with van der Waals surface area (Å²) >= 11 is 6.07. The zero-order valence-corrected chi connectivity index (χ0v) is 14.3. The van der Waals surface area contributed by atoms with Crippen LogP contribution in [0.1, 0.15) is 23.5 Å². The van der Waals surface area contributed by atoms with Crippen LogP contribution in [0.4, 0.5) is 5.69 Å². The van der Waals surface area contributed by atoms with Crippen LogP contribution >= 0.6 is 11.6 Å². The van der Waals surface area contributed by atoms with Crippen molar-refractivity contribution in [3.63, 3.8) is 0 Å². The second-order valence-electron chi connectivity index (χ2n) is 6.35. The predicted octanol–water partition coefficient (Wildman–Crippen LogP) is 3.85. The summed E-state index contributed by atoms with van der Waals surface area (Å²) in [4.78, 5) is 25.2. The summed E-state index contributed by atoms with van der Waals surface area (Å²) < 4.78 is 5.31. The molecule has 2 aliphatic rings. The van der Waals surface area contributed by atoms with Gasteiger partial charge in [0.25, 0.3) is 0 Å². The molecule has 0 radical (unpaired) electrons. The zero-order valence-electron chi connectivity index (χ0n) is 13.6. The van der Waals surface area contributed by atoms with E-state index in [1.165, 1.54) is 6.08 Å². The standard InChI is InChI=1S/C20H16ClNO3/c1-25-15-4-2-3-12(9-15)17-11-14(23)7-8-20(17)16-6-5-13(21)10-18(16)22-19(20)24/h2-10,17H,11H2,1H3,(H,22,24)/t17-,20+/m1/s1. The second-order valence-corrected chi connectivity index (χ2v) is 6.78. The number of methoxy groups -OCH3 is 1. The van der Waals surface area contributed by atoms with Gasteiger partial charge in [0, 0.05) is 23.0 Å². The van der Waals surface area contributed by atoms with Gasteiger partial charge in [-0.15, -0.1) is 0 Å². The van der Waals surface area contributed by atoms with Crippen molar-refractivity contribution in [1.29, 1.82) is 0 Å². The lowest BCUT2D eigenvalue weighted by Gasteiger charge is -2.36. The summed E-state index contributed by atoms with van der Waals surface area (Å²) in [5.41, 5.74) is 1.53. The highest BCUT2D eigenvalue weighted by atomic mass is 35.5. The van der Waals surface area contributed by atoms with Crippen molar-refractivity contribution in [2.24, 2.45) is 0 Å². The Morgan fingerprint density at radius 1 is 1.20 bits per heavy atom. The average Bonchev–Trinajstić information content (AvgIpc) is 2.88. The van der Waals surface area contributed by atoms with Crippen molar-refractivity contribution in [3.8, 4) is 5.75 Å². The molecule has 0 saturated heterocycles. The van der Waals surface area contributed by atoms with Crippen LogP contribution in [0.15, 0.2) is 54.6 Å². The second kappa shape index (κ2) is 5.74. The van der Waals surface area contributed by atoms with E-state index >= 15 is 0 Å². The highest BCUT2D eigenvalue weighted by Gasteiger charge is 2.53. The van der Waals surface area contributed by atoms with Crippen LogP contribution in [0.3, 0.4) is 0 Å². The Morgan fingerprint density at radius 2 is 2.04 bits per heavy atom. The number of halogens is 1. The van der Waals surface area contributed by atoms with Crippen molar-refractivity contribution in [2.45, 2.75) is 17.8 Å². The number of rotatable bonds is 2. The van der Waals surface area contributed by atoms with Gasteiger partial charge in [0.05, 0.1) is 7.11 Å². The molecule has 1 aliphatic heterocycles. The Balaban J connectivity index is 1.93. The van der Waals surface area contributed by atoms with Crippen molar-refractivity contribution >= 4 is 29.0 Å². The smallest absolute Gasteiger partial charge is 0.239 e. The number of carbonyl (C=O) groups excluding carboxylic acids is 2. The first kappa shape index (κ1) is 15.9. The van der Waals surface area contributed by atoms with Gasteiger partial charge < -0.3 is 10.1 Å². The Morgan fingerprint density at radius 3 is 2.84 bits per heavy atom. The molecule has 1 spiro atoms. The Bertz CT molecular complexity index is 921. The maximum absolute atomic E-state index is 13.0. The lowest BCUT2D eigenvalue weighted by Crippen LogP contribution is -2.41. The van der Waals surface area contributed by atoms with Gasteiger partial charge in [0.1, 0.15) is 11.2 Å². The van der Waals surface area contributed by atoms with Crippen LogP contribution in [-0.2, 0) is 15.0 Å². The lowest BCUT2D eigenvalue weighted by atomic mass is 9.64. The molecule has 1 aliphatic carbocycles. The number of carbonyl (C=O) groups is 2. The minimum atomic E-state index is -0.916. The van der Waals surface area contributed by atoms with E-state index < -0.39 is 5.41 Å².